The first-order valence-electron chi connectivity index (χ1n) is 5.38. The van der Waals surface area contributed by atoms with Crippen molar-refractivity contribution < 1.29 is 0 Å². The highest BCUT2D eigenvalue weighted by Crippen LogP contribution is 2.33. The van der Waals surface area contributed by atoms with Crippen molar-refractivity contribution in [2.24, 2.45) is 0 Å². The molecule has 2 nitrogen and oxygen atoms in total. The first-order valence-corrected chi connectivity index (χ1v) is 6.52. The van der Waals surface area contributed by atoms with E-state index in [1.165, 1.54) is 0 Å². The lowest BCUT2D eigenvalue weighted by atomic mass is 10.3. The number of fused-ring (bicyclic) bond motifs is 1. The van der Waals surface area contributed by atoms with E-state index in [1.807, 2.05) is 6.07 Å². The number of aryl methyl sites for hydroxylation is 1. The van der Waals surface area contributed by atoms with Gasteiger partial charge in [0.05, 0.1) is 16.4 Å². The van der Waals surface area contributed by atoms with Gasteiger partial charge < -0.3 is 0 Å². The zero-order valence-corrected chi connectivity index (χ0v) is 11.1. The topological polar surface area (TPSA) is 17.8 Å². The van der Waals surface area contributed by atoms with Crippen LogP contribution in [0.1, 0.15) is 17.7 Å². The van der Waals surface area contributed by atoms with Crippen LogP contribution < -0.4 is 0 Å². The second-order valence-electron chi connectivity index (χ2n) is 4.08. The maximum absolute atomic E-state index is 6.32. The van der Waals surface area contributed by atoms with Crippen molar-refractivity contribution in [2.75, 3.05) is 0 Å². The molecule has 0 spiro atoms. The highest BCUT2D eigenvalue weighted by Gasteiger charge is 2.22. The van der Waals surface area contributed by atoms with Gasteiger partial charge in [-0.15, -0.1) is 0 Å². The zero-order chi connectivity index (χ0) is 12.0. The van der Waals surface area contributed by atoms with Gasteiger partial charge in [-0.25, -0.2) is 4.68 Å². The standard InChI is InChI=1S/C12H9Cl3N2/c13-7-4-5-11(9(14)6-7)17-12(15)8-2-1-3-10(8)16-17/h4-6H,1-3H2. The number of halogens is 3. The Morgan fingerprint density at radius 3 is 2.65 bits per heavy atom. The first kappa shape index (κ1) is 11.4. The average molecular weight is 288 g/mol. The Labute approximate surface area is 114 Å². The third-order valence-electron chi connectivity index (χ3n) is 2.98. The van der Waals surface area contributed by atoms with Crippen LogP contribution in [0.3, 0.4) is 0 Å². The van der Waals surface area contributed by atoms with E-state index in [4.69, 9.17) is 34.8 Å². The number of benzene rings is 1. The fraction of sp³-hybridized carbons (Fsp3) is 0.250. The fourth-order valence-corrected chi connectivity index (χ4v) is 2.99. The Bertz CT molecular complexity index is 590. The Kier molecular flexibility index (Phi) is 2.81. The number of hydrogen-bond acceptors (Lipinski definition) is 1. The molecule has 1 aliphatic carbocycles. The molecule has 88 valence electrons. The molecule has 0 bridgehead atoms. The summed E-state index contributed by atoms with van der Waals surface area (Å²) in [6.07, 6.45) is 3.12. The summed E-state index contributed by atoms with van der Waals surface area (Å²) in [6, 6.07) is 5.31. The number of nitrogens with zero attached hydrogens (tertiary/aromatic N) is 2. The van der Waals surface area contributed by atoms with Gasteiger partial charge in [0.2, 0.25) is 0 Å². The molecule has 2 aromatic rings. The van der Waals surface area contributed by atoms with Crippen molar-refractivity contribution in [1.29, 1.82) is 0 Å². The summed E-state index contributed by atoms with van der Waals surface area (Å²) in [5.74, 6) is 0. The zero-order valence-electron chi connectivity index (χ0n) is 8.88. The van der Waals surface area contributed by atoms with Crippen LogP contribution in [0.4, 0.5) is 0 Å². The van der Waals surface area contributed by atoms with Crippen molar-refractivity contribution in [2.45, 2.75) is 19.3 Å². The Balaban J connectivity index is 2.16. The molecule has 0 aliphatic heterocycles. The van der Waals surface area contributed by atoms with E-state index in [0.29, 0.717) is 15.2 Å². The molecule has 0 atom stereocenters. The predicted molar refractivity (Wildman–Crippen MR) is 70.6 cm³/mol. The van der Waals surface area contributed by atoms with Crippen LogP contribution in [0.5, 0.6) is 0 Å². The normalized spacial score (nSPS) is 14.1. The second-order valence-corrected chi connectivity index (χ2v) is 5.28. The lowest BCUT2D eigenvalue weighted by Crippen LogP contribution is -1.99. The summed E-state index contributed by atoms with van der Waals surface area (Å²) in [4.78, 5) is 0. The van der Waals surface area contributed by atoms with Crippen molar-refractivity contribution in [1.82, 2.24) is 9.78 Å². The van der Waals surface area contributed by atoms with Gasteiger partial charge in [-0.1, -0.05) is 34.8 Å². The van der Waals surface area contributed by atoms with Gasteiger partial charge in [0.15, 0.2) is 0 Å². The lowest BCUT2D eigenvalue weighted by Gasteiger charge is -2.06. The molecule has 3 rings (SSSR count). The van der Waals surface area contributed by atoms with Gasteiger partial charge >= 0.3 is 0 Å². The summed E-state index contributed by atoms with van der Waals surface area (Å²) in [6.45, 7) is 0. The van der Waals surface area contributed by atoms with Crippen LogP contribution >= 0.6 is 34.8 Å². The monoisotopic (exact) mass is 286 g/mol. The Morgan fingerprint density at radius 1 is 1.12 bits per heavy atom. The SMILES string of the molecule is Clc1ccc(-n2nc3c(c2Cl)CCC3)c(Cl)c1. The van der Waals surface area contributed by atoms with Gasteiger partial charge in [0.25, 0.3) is 0 Å². The molecular formula is C12H9Cl3N2. The number of hydrogen-bond donors (Lipinski definition) is 0. The van der Waals surface area contributed by atoms with Crippen LogP contribution in [0.25, 0.3) is 5.69 Å². The summed E-state index contributed by atoms with van der Waals surface area (Å²) < 4.78 is 1.70. The quantitative estimate of drug-likeness (QED) is 0.764. The smallest absolute Gasteiger partial charge is 0.136 e. The molecule has 1 aromatic carbocycles. The molecule has 5 heteroatoms. The predicted octanol–water partition coefficient (Wildman–Crippen LogP) is 4.32. The van der Waals surface area contributed by atoms with Gasteiger partial charge in [-0.2, -0.15) is 5.10 Å². The van der Waals surface area contributed by atoms with Gasteiger partial charge in [0, 0.05) is 10.6 Å². The van der Waals surface area contributed by atoms with E-state index < -0.39 is 0 Å². The minimum Gasteiger partial charge on any atom is -0.220 e. The molecule has 1 aliphatic rings. The average Bonchev–Trinajstić information content (AvgIpc) is 2.83. The summed E-state index contributed by atoms with van der Waals surface area (Å²) >= 11 is 18.4. The van der Waals surface area contributed by atoms with Crippen LogP contribution in [0.2, 0.25) is 15.2 Å². The van der Waals surface area contributed by atoms with Crippen molar-refractivity contribution >= 4 is 34.8 Å². The van der Waals surface area contributed by atoms with E-state index >= 15 is 0 Å². The Morgan fingerprint density at radius 2 is 1.94 bits per heavy atom. The van der Waals surface area contributed by atoms with Crippen molar-refractivity contribution in [3.8, 4) is 5.69 Å². The number of aromatic nitrogens is 2. The highest BCUT2D eigenvalue weighted by atomic mass is 35.5. The van der Waals surface area contributed by atoms with E-state index in [2.05, 4.69) is 5.10 Å². The van der Waals surface area contributed by atoms with Gasteiger partial charge in [0.1, 0.15) is 5.15 Å². The van der Waals surface area contributed by atoms with E-state index in [0.717, 1.165) is 36.2 Å². The molecule has 0 N–H and O–H groups in total. The van der Waals surface area contributed by atoms with Crippen molar-refractivity contribution in [3.63, 3.8) is 0 Å². The molecule has 0 saturated heterocycles. The molecule has 17 heavy (non-hydrogen) atoms. The molecule has 0 radical (unpaired) electrons. The van der Waals surface area contributed by atoms with E-state index in [-0.39, 0.29) is 0 Å². The molecule has 1 heterocycles. The Hall–Kier alpha value is -0.700. The third-order valence-corrected chi connectivity index (χ3v) is 3.91. The third kappa shape index (κ3) is 1.85. The molecule has 0 unspecified atom stereocenters. The highest BCUT2D eigenvalue weighted by molar-refractivity contribution is 6.36. The maximum atomic E-state index is 6.32. The van der Waals surface area contributed by atoms with Crippen LogP contribution in [-0.4, -0.2) is 9.78 Å². The molecule has 0 fully saturated rings. The minimum atomic E-state index is 0.556. The maximum Gasteiger partial charge on any atom is 0.136 e. The molecule has 0 amide bonds. The van der Waals surface area contributed by atoms with E-state index in [9.17, 15) is 0 Å². The van der Waals surface area contributed by atoms with Crippen LogP contribution in [0, 0.1) is 0 Å². The van der Waals surface area contributed by atoms with Crippen LogP contribution in [-0.2, 0) is 12.8 Å². The fourth-order valence-electron chi connectivity index (χ4n) is 2.17. The summed E-state index contributed by atoms with van der Waals surface area (Å²) in [7, 11) is 0. The van der Waals surface area contributed by atoms with Crippen LogP contribution in [0.15, 0.2) is 18.2 Å². The molecular weight excluding hydrogens is 279 g/mol. The number of rotatable bonds is 1. The minimum absolute atomic E-state index is 0.556. The molecule has 1 aromatic heterocycles. The van der Waals surface area contributed by atoms with Gasteiger partial charge in [-0.05, 0) is 37.5 Å². The summed E-state index contributed by atoms with van der Waals surface area (Å²) in [5, 5.41) is 6.34. The largest absolute Gasteiger partial charge is 0.220 e. The van der Waals surface area contributed by atoms with Gasteiger partial charge in [-0.3, -0.25) is 0 Å². The first-order chi connectivity index (χ1) is 8.16. The van der Waals surface area contributed by atoms with E-state index in [1.54, 1.807) is 16.8 Å². The second kappa shape index (κ2) is 4.20. The molecule has 0 saturated carbocycles. The summed E-state index contributed by atoms with van der Waals surface area (Å²) in [5.41, 5.74) is 3.01. The van der Waals surface area contributed by atoms with Crippen molar-refractivity contribution in [3.05, 3.63) is 44.7 Å². The lowest BCUT2D eigenvalue weighted by molar-refractivity contribution is 0.801.